The van der Waals surface area contributed by atoms with E-state index in [0.717, 1.165) is 63.3 Å². The number of methoxy groups -OCH3 is 1. The Bertz CT molecular complexity index is 866. The van der Waals surface area contributed by atoms with Gasteiger partial charge in [-0.25, -0.2) is 9.97 Å². The van der Waals surface area contributed by atoms with Crippen molar-refractivity contribution in [1.82, 2.24) is 19.4 Å². The van der Waals surface area contributed by atoms with Crippen molar-refractivity contribution in [2.45, 2.75) is 31.7 Å². The number of likely N-dealkylation sites (tertiary alicyclic amines) is 1. The lowest BCUT2D eigenvalue weighted by Crippen LogP contribution is -2.47. The minimum Gasteiger partial charge on any atom is -0.385 e. The van der Waals surface area contributed by atoms with Gasteiger partial charge in [0.1, 0.15) is 12.1 Å². The van der Waals surface area contributed by atoms with Crippen molar-refractivity contribution in [3.8, 4) is 11.3 Å². The predicted octanol–water partition coefficient (Wildman–Crippen LogP) is 1.73. The van der Waals surface area contributed by atoms with Gasteiger partial charge in [0, 0.05) is 62.7 Å². The summed E-state index contributed by atoms with van der Waals surface area (Å²) in [5, 5.41) is 0. The first-order valence-corrected chi connectivity index (χ1v) is 9.68. The number of pyridine rings is 1. The van der Waals surface area contributed by atoms with E-state index in [1.165, 1.54) is 6.33 Å². The van der Waals surface area contributed by atoms with Crippen molar-refractivity contribution < 1.29 is 4.74 Å². The highest BCUT2D eigenvalue weighted by atomic mass is 16.5. The van der Waals surface area contributed by atoms with Crippen LogP contribution in [0.3, 0.4) is 0 Å². The van der Waals surface area contributed by atoms with Crippen LogP contribution in [0.1, 0.15) is 30.9 Å². The van der Waals surface area contributed by atoms with Crippen molar-refractivity contribution in [3.63, 3.8) is 0 Å². The average molecular weight is 369 g/mol. The highest BCUT2D eigenvalue weighted by Gasteiger charge is 2.34. The SMILES string of the molecule is COCCCCN1C[C@@H]2C[C@H](C1)c1cc(-c3cc(N)ncn3)cc(=O)n1C2. The molecule has 2 aliphatic rings. The van der Waals surface area contributed by atoms with Gasteiger partial charge in [0.15, 0.2) is 0 Å². The molecular formula is C20H27N5O2. The number of nitrogen functional groups attached to an aromatic ring is 1. The third kappa shape index (κ3) is 3.89. The van der Waals surface area contributed by atoms with E-state index in [-0.39, 0.29) is 5.56 Å². The van der Waals surface area contributed by atoms with Gasteiger partial charge in [-0.2, -0.15) is 0 Å². The average Bonchev–Trinajstić information content (AvgIpc) is 2.66. The van der Waals surface area contributed by atoms with Crippen LogP contribution in [-0.4, -0.2) is 52.8 Å². The number of nitrogens with zero attached hydrogens (tertiary/aromatic N) is 4. The summed E-state index contributed by atoms with van der Waals surface area (Å²) >= 11 is 0. The molecule has 7 nitrogen and oxygen atoms in total. The number of hydrogen-bond acceptors (Lipinski definition) is 6. The van der Waals surface area contributed by atoms with Gasteiger partial charge in [-0.15, -0.1) is 0 Å². The molecule has 4 rings (SSSR count). The fourth-order valence-corrected chi connectivity index (χ4v) is 4.50. The molecule has 0 aromatic carbocycles. The summed E-state index contributed by atoms with van der Waals surface area (Å²) in [7, 11) is 1.75. The highest BCUT2D eigenvalue weighted by molar-refractivity contribution is 5.61. The van der Waals surface area contributed by atoms with E-state index in [0.29, 0.717) is 23.3 Å². The van der Waals surface area contributed by atoms with Gasteiger partial charge in [0.05, 0.1) is 5.69 Å². The third-order valence-electron chi connectivity index (χ3n) is 5.69. The molecule has 0 amide bonds. The molecular weight excluding hydrogens is 342 g/mol. The van der Waals surface area contributed by atoms with Gasteiger partial charge in [0.2, 0.25) is 0 Å². The maximum absolute atomic E-state index is 12.8. The maximum Gasteiger partial charge on any atom is 0.251 e. The van der Waals surface area contributed by atoms with Gasteiger partial charge in [-0.1, -0.05) is 0 Å². The molecule has 4 heterocycles. The molecule has 1 saturated heterocycles. The first-order chi connectivity index (χ1) is 13.1. The number of hydrogen-bond donors (Lipinski definition) is 1. The van der Waals surface area contributed by atoms with E-state index in [1.54, 1.807) is 19.2 Å². The zero-order chi connectivity index (χ0) is 18.8. The zero-order valence-electron chi connectivity index (χ0n) is 15.8. The number of nitrogens with two attached hydrogens (primary N) is 1. The molecule has 27 heavy (non-hydrogen) atoms. The number of unbranched alkanes of at least 4 members (excludes halogenated alkanes) is 1. The minimum absolute atomic E-state index is 0.0583. The summed E-state index contributed by atoms with van der Waals surface area (Å²) in [4.78, 5) is 23.5. The molecule has 0 radical (unpaired) electrons. The number of fused-ring (bicyclic) bond motifs is 4. The molecule has 2 bridgehead atoms. The Morgan fingerprint density at radius 3 is 2.89 bits per heavy atom. The second-order valence-corrected chi connectivity index (χ2v) is 7.70. The zero-order valence-corrected chi connectivity index (χ0v) is 15.8. The van der Waals surface area contributed by atoms with Gasteiger partial charge in [-0.05, 0) is 37.8 Å². The summed E-state index contributed by atoms with van der Waals surface area (Å²) in [5.74, 6) is 1.36. The Balaban J connectivity index is 1.58. The fourth-order valence-electron chi connectivity index (χ4n) is 4.50. The monoisotopic (exact) mass is 369 g/mol. The van der Waals surface area contributed by atoms with Crippen LogP contribution >= 0.6 is 0 Å². The lowest BCUT2D eigenvalue weighted by molar-refractivity contribution is 0.114. The van der Waals surface area contributed by atoms with E-state index < -0.39 is 0 Å². The molecule has 0 spiro atoms. The topological polar surface area (TPSA) is 86.3 Å². The summed E-state index contributed by atoms with van der Waals surface area (Å²) in [6.07, 6.45) is 4.85. The Morgan fingerprint density at radius 1 is 1.19 bits per heavy atom. The van der Waals surface area contributed by atoms with Crippen LogP contribution < -0.4 is 11.3 Å². The molecule has 144 valence electrons. The number of anilines is 1. The molecule has 2 aromatic heterocycles. The van der Waals surface area contributed by atoms with Crippen molar-refractivity contribution in [2.75, 3.05) is 39.1 Å². The summed E-state index contributed by atoms with van der Waals surface area (Å²) in [5.41, 5.74) is 8.51. The van der Waals surface area contributed by atoms with Gasteiger partial charge < -0.3 is 19.9 Å². The lowest BCUT2D eigenvalue weighted by Gasteiger charge is -2.43. The standard InChI is InChI=1S/C20H27N5O2/c1-27-5-3-2-4-24-10-14-6-16(12-24)18-7-15(8-20(26)25(18)11-14)17-9-19(21)23-13-22-17/h7-9,13-14,16H,2-6,10-12H2,1H3,(H2,21,22,23)/t14-,16+/m0/s1. The summed E-state index contributed by atoms with van der Waals surface area (Å²) < 4.78 is 7.12. The Morgan fingerprint density at radius 2 is 2.07 bits per heavy atom. The molecule has 0 saturated carbocycles. The molecule has 1 fully saturated rings. The Labute approximate surface area is 159 Å². The van der Waals surface area contributed by atoms with Gasteiger partial charge in [0.25, 0.3) is 5.56 Å². The van der Waals surface area contributed by atoms with Crippen LogP contribution in [0, 0.1) is 5.92 Å². The second-order valence-electron chi connectivity index (χ2n) is 7.70. The first-order valence-electron chi connectivity index (χ1n) is 9.68. The quantitative estimate of drug-likeness (QED) is 0.781. The Hall–Kier alpha value is -2.25. The van der Waals surface area contributed by atoms with Crippen LogP contribution in [-0.2, 0) is 11.3 Å². The first kappa shape index (κ1) is 18.1. The van der Waals surface area contributed by atoms with Gasteiger partial charge in [-0.3, -0.25) is 4.79 Å². The van der Waals surface area contributed by atoms with Crippen molar-refractivity contribution in [2.24, 2.45) is 5.92 Å². The molecule has 2 N–H and O–H groups in total. The number of ether oxygens (including phenoxy) is 1. The largest absolute Gasteiger partial charge is 0.385 e. The molecule has 0 aliphatic carbocycles. The normalized spacial score (nSPS) is 21.8. The van der Waals surface area contributed by atoms with Crippen molar-refractivity contribution >= 4 is 5.82 Å². The second kappa shape index (κ2) is 7.78. The predicted molar refractivity (Wildman–Crippen MR) is 105 cm³/mol. The molecule has 2 aromatic rings. The third-order valence-corrected chi connectivity index (χ3v) is 5.69. The van der Waals surface area contributed by atoms with Crippen LogP contribution in [0.15, 0.2) is 29.3 Å². The minimum atomic E-state index is 0.0583. The molecule has 2 atom stereocenters. The van der Waals surface area contributed by atoms with E-state index in [2.05, 4.69) is 20.9 Å². The van der Waals surface area contributed by atoms with Crippen LogP contribution in [0.2, 0.25) is 0 Å². The molecule has 2 aliphatic heterocycles. The van der Waals surface area contributed by atoms with E-state index in [9.17, 15) is 4.79 Å². The molecule has 0 unspecified atom stereocenters. The van der Waals surface area contributed by atoms with Crippen molar-refractivity contribution in [3.05, 3.63) is 40.6 Å². The van der Waals surface area contributed by atoms with E-state index >= 15 is 0 Å². The fraction of sp³-hybridized carbons (Fsp3) is 0.550. The van der Waals surface area contributed by atoms with Crippen LogP contribution in [0.25, 0.3) is 11.3 Å². The van der Waals surface area contributed by atoms with Crippen LogP contribution in [0.5, 0.6) is 0 Å². The van der Waals surface area contributed by atoms with E-state index in [4.69, 9.17) is 10.5 Å². The van der Waals surface area contributed by atoms with Crippen LogP contribution in [0.4, 0.5) is 5.82 Å². The summed E-state index contributed by atoms with van der Waals surface area (Å²) in [6, 6.07) is 5.52. The highest BCUT2D eigenvalue weighted by Crippen LogP contribution is 2.36. The number of aromatic nitrogens is 3. The molecule has 7 heteroatoms. The van der Waals surface area contributed by atoms with E-state index in [1.807, 2.05) is 4.57 Å². The summed E-state index contributed by atoms with van der Waals surface area (Å²) in [6.45, 7) is 4.83. The van der Waals surface area contributed by atoms with Crippen molar-refractivity contribution in [1.29, 1.82) is 0 Å². The maximum atomic E-state index is 12.8. The van der Waals surface area contributed by atoms with Gasteiger partial charge >= 0.3 is 0 Å². The lowest BCUT2D eigenvalue weighted by atomic mass is 9.82. The Kier molecular flexibility index (Phi) is 5.22. The number of piperidine rings is 1. The number of rotatable bonds is 6. The smallest absolute Gasteiger partial charge is 0.251 e.